The van der Waals surface area contributed by atoms with Crippen LogP contribution in [0.15, 0.2) is 35.6 Å². The van der Waals surface area contributed by atoms with Crippen LogP contribution in [0.1, 0.15) is 27.2 Å². The van der Waals surface area contributed by atoms with Crippen molar-refractivity contribution in [2.45, 2.75) is 50.7 Å². The molecular weight excluding hydrogens is 438 g/mol. The maximum Gasteiger partial charge on any atom is 0.273 e. The second kappa shape index (κ2) is 9.06. The first-order valence-corrected chi connectivity index (χ1v) is 15.5. The quantitative estimate of drug-likeness (QED) is 0.221. The van der Waals surface area contributed by atoms with Gasteiger partial charge in [0.2, 0.25) is 0 Å². The lowest BCUT2D eigenvalue weighted by molar-refractivity contribution is 0.0746. The lowest BCUT2D eigenvalue weighted by Gasteiger charge is -2.17. The molecule has 3 heterocycles. The molecule has 1 aliphatic heterocycles. The normalized spacial score (nSPS) is 13.4. The first-order valence-electron chi connectivity index (χ1n) is 10.6. The first-order chi connectivity index (χ1) is 15.3. The maximum atomic E-state index is 13.5. The molecule has 0 unspecified atom stereocenters. The van der Waals surface area contributed by atoms with E-state index in [-0.39, 0.29) is 18.3 Å². The fourth-order valence-electron chi connectivity index (χ4n) is 3.76. The zero-order valence-electron chi connectivity index (χ0n) is 18.9. The summed E-state index contributed by atoms with van der Waals surface area (Å²) in [4.78, 5) is 24.5. The Labute approximate surface area is 193 Å². The van der Waals surface area contributed by atoms with Crippen molar-refractivity contribution in [3.8, 4) is 6.07 Å². The minimum absolute atomic E-state index is 0.183. The number of nitriles is 1. The fourth-order valence-corrected chi connectivity index (χ4v) is 4.88. The highest BCUT2D eigenvalue weighted by atomic mass is 32.2. The van der Waals surface area contributed by atoms with E-state index in [1.807, 2.05) is 35.1 Å². The molecule has 0 saturated carbocycles. The summed E-state index contributed by atoms with van der Waals surface area (Å²) >= 11 is 1.38. The van der Waals surface area contributed by atoms with Crippen LogP contribution < -0.4 is 0 Å². The second-order valence-electron chi connectivity index (χ2n) is 9.16. The first kappa shape index (κ1) is 22.5. The number of benzene rings is 1. The van der Waals surface area contributed by atoms with E-state index in [2.05, 4.69) is 35.7 Å². The minimum Gasteiger partial charge on any atom is -0.361 e. The van der Waals surface area contributed by atoms with Gasteiger partial charge in [-0.05, 0) is 23.4 Å². The number of carbonyl (C=O) groups excluding carboxylic acids is 1. The molecule has 1 aromatic carbocycles. The van der Waals surface area contributed by atoms with Crippen molar-refractivity contribution in [3.05, 3.63) is 52.8 Å². The van der Waals surface area contributed by atoms with Gasteiger partial charge in [0, 0.05) is 34.0 Å². The molecule has 0 radical (unpaired) electrons. The number of nitrogens with zero attached hydrogens (tertiary/aromatic N) is 5. The van der Waals surface area contributed by atoms with Crippen LogP contribution in [-0.2, 0) is 24.6 Å². The molecular formula is C23H27N5O2SSi. The Bertz CT molecular complexity index is 1190. The van der Waals surface area contributed by atoms with Crippen LogP contribution in [0.2, 0.25) is 25.7 Å². The van der Waals surface area contributed by atoms with Crippen molar-refractivity contribution in [1.29, 1.82) is 5.26 Å². The van der Waals surface area contributed by atoms with E-state index in [1.165, 1.54) is 11.8 Å². The molecule has 4 rings (SSSR count). The third-order valence-corrected chi connectivity index (χ3v) is 7.81. The van der Waals surface area contributed by atoms with E-state index >= 15 is 0 Å². The highest BCUT2D eigenvalue weighted by Crippen LogP contribution is 2.29. The Morgan fingerprint density at radius 2 is 1.91 bits per heavy atom. The zero-order valence-corrected chi connectivity index (χ0v) is 20.7. The Hall–Kier alpha value is -2.67. The molecule has 0 aliphatic carbocycles. The van der Waals surface area contributed by atoms with Crippen molar-refractivity contribution in [2.24, 2.45) is 0 Å². The number of ether oxygens (including phenoxy) is 1. The van der Waals surface area contributed by atoms with Gasteiger partial charge in [-0.15, -0.1) is 0 Å². The molecule has 166 valence electrons. The van der Waals surface area contributed by atoms with Gasteiger partial charge < -0.3 is 14.2 Å². The number of rotatable bonds is 7. The number of fused-ring (bicyclic) bond motifs is 2. The van der Waals surface area contributed by atoms with Gasteiger partial charge in [-0.2, -0.15) is 5.26 Å². The topological polar surface area (TPSA) is 84.0 Å². The molecule has 2 aromatic heterocycles. The molecule has 3 aromatic rings. The summed E-state index contributed by atoms with van der Waals surface area (Å²) in [6.07, 6.45) is 3.59. The second-order valence-corrected chi connectivity index (χ2v) is 15.6. The van der Waals surface area contributed by atoms with E-state index in [1.54, 1.807) is 11.1 Å². The Morgan fingerprint density at radius 3 is 2.50 bits per heavy atom. The summed E-state index contributed by atoms with van der Waals surface area (Å²) < 4.78 is 7.72. The molecule has 7 nitrogen and oxygen atoms in total. The van der Waals surface area contributed by atoms with Crippen molar-refractivity contribution in [1.82, 2.24) is 19.4 Å². The molecule has 0 atom stereocenters. The lowest BCUT2D eigenvalue weighted by atomic mass is 10.1. The van der Waals surface area contributed by atoms with Crippen LogP contribution in [0.25, 0.3) is 11.0 Å². The predicted molar refractivity (Wildman–Crippen MR) is 128 cm³/mol. The summed E-state index contributed by atoms with van der Waals surface area (Å²) in [6, 6.07) is 11.3. The SMILES string of the molecule is CSc1nc(C(=O)N2Cc3ccccc3C2)c2c(C#N)cn(COCC[Si](C)(C)C)c2n1. The van der Waals surface area contributed by atoms with Crippen molar-refractivity contribution in [2.75, 3.05) is 12.9 Å². The van der Waals surface area contributed by atoms with Gasteiger partial charge in [-0.25, -0.2) is 9.97 Å². The van der Waals surface area contributed by atoms with Crippen molar-refractivity contribution in [3.63, 3.8) is 0 Å². The monoisotopic (exact) mass is 465 g/mol. The van der Waals surface area contributed by atoms with E-state index in [9.17, 15) is 10.1 Å². The van der Waals surface area contributed by atoms with Gasteiger partial charge in [-0.1, -0.05) is 55.7 Å². The standard InChI is InChI=1S/C23H27N5O2SSi/c1-31-23-25-20(22(29)27-12-16-7-5-6-8-17(16)13-27)19-18(11-24)14-28(21(19)26-23)15-30-9-10-32(2,3)4/h5-8,14H,9-10,12-13,15H2,1-4H3. The number of thioether (sulfide) groups is 1. The van der Waals surface area contributed by atoms with Crippen LogP contribution in [0.3, 0.4) is 0 Å². The van der Waals surface area contributed by atoms with Crippen LogP contribution in [0.5, 0.6) is 0 Å². The van der Waals surface area contributed by atoms with E-state index in [0.717, 1.165) is 17.2 Å². The Balaban J connectivity index is 1.68. The summed E-state index contributed by atoms with van der Waals surface area (Å²) in [5.74, 6) is -0.183. The third-order valence-electron chi connectivity index (χ3n) is 5.56. The molecule has 0 N–H and O–H groups in total. The molecule has 1 amide bonds. The number of amides is 1. The van der Waals surface area contributed by atoms with Gasteiger partial charge >= 0.3 is 0 Å². The summed E-state index contributed by atoms with van der Waals surface area (Å²) in [5.41, 5.74) is 3.52. The van der Waals surface area contributed by atoms with Crippen LogP contribution in [0, 0.1) is 11.3 Å². The Morgan fingerprint density at radius 1 is 1.22 bits per heavy atom. The highest BCUT2D eigenvalue weighted by molar-refractivity contribution is 7.98. The van der Waals surface area contributed by atoms with E-state index in [0.29, 0.717) is 41.4 Å². The molecule has 1 aliphatic rings. The Kier molecular flexibility index (Phi) is 6.37. The number of hydrogen-bond donors (Lipinski definition) is 0. The molecule has 9 heteroatoms. The molecule has 0 spiro atoms. The molecule has 0 saturated heterocycles. The van der Waals surface area contributed by atoms with Gasteiger partial charge in [0.25, 0.3) is 5.91 Å². The largest absolute Gasteiger partial charge is 0.361 e. The smallest absolute Gasteiger partial charge is 0.273 e. The van der Waals surface area contributed by atoms with Gasteiger partial charge in [0.1, 0.15) is 24.1 Å². The maximum absolute atomic E-state index is 13.5. The van der Waals surface area contributed by atoms with E-state index in [4.69, 9.17) is 4.74 Å². The summed E-state index contributed by atoms with van der Waals surface area (Å²) in [7, 11) is -1.20. The lowest BCUT2D eigenvalue weighted by Crippen LogP contribution is -2.27. The molecule has 0 fully saturated rings. The number of aromatic nitrogens is 3. The van der Waals surface area contributed by atoms with Crippen LogP contribution in [0.4, 0.5) is 0 Å². The van der Waals surface area contributed by atoms with Gasteiger partial charge in [-0.3, -0.25) is 4.79 Å². The average Bonchev–Trinajstić information content (AvgIpc) is 3.36. The van der Waals surface area contributed by atoms with Gasteiger partial charge in [0.05, 0.1) is 10.9 Å². The highest BCUT2D eigenvalue weighted by Gasteiger charge is 2.29. The number of carbonyl (C=O) groups is 1. The number of hydrogen-bond acceptors (Lipinski definition) is 6. The summed E-state index contributed by atoms with van der Waals surface area (Å²) in [6.45, 7) is 8.95. The molecule has 32 heavy (non-hydrogen) atoms. The average molecular weight is 466 g/mol. The van der Waals surface area contributed by atoms with Crippen molar-refractivity contribution >= 4 is 36.8 Å². The van der Waals surface area contributed by atoms with E-state index < -0.39 is 8.07 Å². The van der Waals surface area contributed by atoms with Crippen LogP contribution in [-0.4, -0.2) is 46.3 Å². The summed E-state index contributed by atoms with van der Waals surface area (Å²) in [5, 5.41) is 10.8. The van der Waals surface area contributed by atoms with Crippen molar-refractivity contribution < 1.29 is 9.53 Å². The van der Waals surface area contributed by atoms with Crippen LogP contribution >= 0.6 is 11.8 Å². The minimum atomic E-state index is -1.20. The third kappa shape index (κ3) is 4.58. The zero-order chi connectivity index (χ0) is 22.9. The molecule has 0 bridgehead atoms. The van der Waals surface area contributed by atoms with Gasteiger partial charge in [0.15, 0.2) is 5.16 Å². The fraction of sp³-hybridized carbons (Fsp3) is 0.391. The predicted octanol–water partition coefficient (Wildman–Crippen LogP) is 4.49.